The van der Waals surface area contributed by atoms with Gasteiger partial charge in [0, 0.05) is 19.6 Å². The Hall–Kier alpha value is -2.88. The van der Waals surface area contributed by atoms with Crippen LogP contribution in [0.3, 0.4) is 0 Å². The van der Waals surface area contributed by atoms with Gasteiger partial charge in [-0.1, -0.05) is 36.9 Å². The Labute approximate surface area is 185 Å². The average Bonchev–Trinajstić information content (AvgIpc) is 3.45. The Morgan fingerprint density at radius 1 is 1.32 bits per heavy atom. The van der Waals surface area contributed by atoms with E-state index in [2.05, 4.69) is 30.4 Å². The Kier molecular flexibility index (Phi) is 6.86. The number of thioether (sulfide) groups is 1. The van der Waals surface area contributed by atoms with Gasteiger partial charge in [-0.3, -0.25) is 9.69 Å². The predicted molar refractivity (Wildman–Crippen MR) is 123 cm³/mol. The number of H-pyrrole nitrogens is 1. The summed E-state index contributed by atoms with van der Waals surface area (Å²) >= 11 is 1.31. The number of hydrogen-bond acceptors (Lipinski definition) is 6. The fourth-order valence-corrected chi connectivity index (χ4v) is 4.86. The van der Waals surface area contributed by atoms with Crippen molar-refractivity contribution in [1.82, 2.24) is 20.5 Å². The molecule has 31 heavy (non-hydrogen) atoms. The van der Waals surface area contributed by atoms with E-state index in [0.29, 0.717) is 23.4 Å². The van der Waals surface area contributed by atoms with Crippen LogP contribution in [-0.2, 0) is 11.2 Å². The standard InChI is InChI=1S/C21H27N7O2S/c1-2-16-5-3-4-6-17(16)28-18(29)13-31-21(28)25-20(30)22-10-7-15-8-11-27(12-9-15)19-23-14-24-26-19/h3-6,14-15H,2,7-13H2,1H3,(H,22,30)(H,23,24,26)/b25-21-. The average molecular weight is 442 g/mol. The number of aliphatic imine (C=N–C) groups is 1. The minimum absolute atomic E-state index is 0.0454. The summed E-state index contributed by atoms with van der Waals surface area (Å²) in [7, 11) is 0. The van der Waals surface area contributed by atoms with Crippen LogP contribution in [0.2, 0.25) is 0 Å². The lowest BCUT2D eigenvalue weighted by Gasteiger charge is -2.31. The van der Waals surface area contributed by atoms with Gasteiger partial charge >= 0.3 is 6.03 Å². The van der Waals surface area contributed by atoms with Crippen LogP contribution in [0.25, 0.3) is 0 Å². The van der Waals surface area contributed by atoms with Crippen molar-refractivity contribution in [1.29, 1.82) is 0 Å². The Morgan fingerprint density at radius 2 is 2.13 bits per heavy atom. The molecule has 1 aromatic heterocycles. The fraction of sp³-hybridized carbons (Fsp3) is 0.476. The quantitative estimate of drug-likeness (QED) is 0.714. The largest absolute Gasteiger partial charge is 0.343 e. The van der Waals surface area contributed by atoms with Crippen molar-refractivity contribution in [3.8, 4) is 0 Å². The summed E-state index contributed by atoms with van der Waals surface area (Å²) < 4.78 is 0. The van der Waals surface area contributed by atoms with Crippen molar-refractivity contribution in [2.75, 3.05) is 35.2 Å². The van der Waals surface area contributed by atoms with Crippen LogP contribution in [0.5, 0.6) is 0 Å². The van der Waals surface area contributed by atoms with Gasteiger partial charge in [0.25, 0.3) is 0 Å². The van der Waals surface area contributed by atoms with Crippen LogP contribution in [0.1, 0.15) is 31.7 Å². The monoisotopic (exact) mass is 441 g/mol. The van der Waals surface area contributed by atoms with E-state index in [1.54, 1.807) is 4.90 Å². The molecule has 9 nitrogen and oxygen atoms in total. The summed E-state index contributed by atoms with van der Waals surface area (Å²) in [5.74, 6) is 1.63. The molecular formula is C21H27N7O2S. The van der Waals surface area contributed by atoms with Gasteiger partial charge < -0.3 is 10.2 Å². The smallest absolute Gasteiger partial charge is 0.341 e. The van der Waals surface area contributed by atoms with Gasteiger partial charge in [0.15, 0.2) is 5.17 Å². The maximum absolute atomic E-state index is 12.4. The second-order valence-electron chi connectivity index (χ2n) is 7.65. The van der Waals surface area contributed by atoms with Gasteiger partial charge in [-0.2, -0.15) is 15.1 Å². The molecule has 0 bridgehead atoms. The van der Waals surface area contributed by atoms with Crippen molar-refractivity contribution < 1.29 is 9.59 Å². The molecule has 0 radical (unpaired) electrons. The molecule has 3 heterocycles. The van der Waals surface area contributed by atoms with Crippen LogP contribution >= 0.6 is 11.8 Å². The van der Waals surface area contributed by atoms with E-state index < -0.39 is 6.03 Å². The highest BCUT2D eigenvalue weighted by molar-refractivity contribution is 8.15. The van der Waals surface area contributed by atoms with Gasteiger partial charge in [-0.25, -0.2) is 9.89 Å². The van der Waals surface area contributed by atoms with Crippen LogP contribution < -0.4 is 15.1 Å². The van der Waals surface area contributed by atoms with Crippen molar-refractivity contribution in [2.24, 2.45) is 10.9 Å². The lowest BCUT2D eigenvalue weighted by atomic mass is 9.94. The zero-order chi connectivity index (χ0) is 21.6. The highest BCUT2D eigenvalue weighted by Gasteiger charge is 2.31. The molecule has 10 heteroatoms. The van der Waals surface area contributed by atoms with Gasteiger partial charge in [0.1, 0.15) is 6.33 Å². The van der Waals surface area contributed by atoms with E-state index in [-0.39, 0.29) is 5.91 Å². The number of nitrogens with one attached hydrogen (secondary N) is 2. The number of amides is 3. The molecule has 3 amide bonds. The van der Waals surface area contributed by atoms with Crippen molar-refractivity contribution in [3.05, 3.63) is 36.2 Å². The molecule has 0 saturated carbocycles. The summed E-state index contributed by atoms with van der Waals surface area (Å²) in [6.45, 7) is 4.49. The zero-order valence-corrected chi connectivity index (χ0v) is 18.4. The molecular weight excluding hydrogens is 414 g/mol. The number of nitrogens with zero attached hydrogens (tertiary/aromatic N) is 5. The molecule has 2 N–H and O–H groups in total. The second kappa shape index (κ2) is 9.95. The summed E-state index contributed by atoms with van der Waals surface area (Å²) in [4.78, 5) is 37.0. The van der Waals surface area contributed by atoms with Gasteiger partial charge in [0.05, 0.1) is 11.4 Å². The lowest BCUT2D eigenvalue weighted by molar-refractivity contribution is -0.115. The molecule has 2 aliphatic heterocycles. The van der Waals surface area contributed by atoms with Crippen LogP contribution in [0.4, 0.5) is 16.4 Å². The number of urea groups is 1. The molecule has 2 fully saturated rings. The predicted octanol–water partition coefficient (Wildman–Crippen LogP) is 2.82. The third kappa shape index (κ3) is 5.07. The molecule has 2 saturated heterocycles. The molecule has 4 rings (SSSR count). The number of aromatic amines is 1. The first kappa shape index (κ1) is 21.4. The SMILES string of the molecule is CCc1ccccc1N1C(=O)CS/C1=N\C(=O)NCCC1CCN(c2ncn[nH]2)CC1. The van der Waals surface area contributed by atoms with E-state index in [4.69, 9.17) is 0 Å². The number of piperidine rings is 1. The van der Waals surface area contributed by atoms with Gasteiger partial charge in [-0.15, -0.1) is 0 Å². The maximum atomic E-state index is 12.4. The first-order valence-electron chi connectivity index (χ1n) is 10.7. The molecule has 2 aliphatic rings. The first-order chi connectivity index (χ1) is 15.2. The van der Waals surface area contributed by atoms with E-state index in [1.165, 1.54) is 18.1 Å². The third-order valence-corrected chi connectivity index (χ3v) is 6.64. The number of anilines is 2. The molecule has 2 aromatic rings. The minimum Gasteiger partial charge on any atom is -0.341 e. The number of para-hydroxylation sites is 1. The van der Waals surface area contributed by atoms with E-state index in [1.807, 2.05) is 31.2 Å². The molecule has 0 atom stereocenters. The Balaban J connectivity index is 1.28. The van der Waals surface area contributed by atoms with Gasteiger partial charge in [-0.05, 0) is 43.2 Å². The minimum atomic E-state index is -0.393. The number of rotatable bonds is 6. The maximum Gasteiger partial charge on any atom is 0.343 e. The summed E-state index contributed by atoms with van der Waals surface area (Å²) in [5.41, 5.74) is 1.87. The highest BCUT2D eigenvalue weighted by Crippen LogP contribution is 2.30. The molecule has 0 aliphatic carbocycles. The number of aromatic nitrogens is 3. The van der Waals surface area contributed by atoms with E-state index >= 15 is 0 Å². The Bertz CT molecular complexity index is 939. The van der Waals surface area contributed by atoms with Gasteiger partial charge in [0.2, 0.25) is 11.9 Å². The fourth-order valence-electron chi connectivity index (χ4n) is 4.00. The normalized spacial score (nSPS) is 18.7. The van der Waals surface area contributed by atoms with Crippen molar-refractivity contribution in [2.45, 2.75) is 32.6 Å². The number of amidine groups is 1. The molecule has 164 valence electrons. The molecule has 1 aromatic carbocycles. The zero-order valence-electron chi connectivity index (χ0n) is 17.6. The third-order valence-electron chi connectivity index (χ3n) is 5.72. The van der Waals surface area contributed by atoms with Crippen LogP contribution in [0, 0.1) is 5.92 Å². The van der Waals surface area contributed by atoms with Crippen molar-refractivity contribution in [3.63, 3.8) is 0 Å². The van der Waals surface area contributed by atoms with E-state index in [9.17, 15) is 9.59 Å². The van der Waals surface area contributed by atoms with Crippen molar-refractivity contribution >= 4 is 40.5 Å². The molecule has 0 unspecified atom stereocenters. The first-order valence-corrected chi connectivity index (χ1v) is 11.6. The summed E-state index contributed by atoms with van der Waals surface area (Å²) in [6.07, 6.45) is 5.35. The second-order valence-corrected chi connectivity index (χ2v) is 8.60. The van der Waals surface area contributed by atoms with Crippen LogP contribution in [0.15, 0.2) is 35.6 Å². The number of benzene rings is 1. The molecule has 0 spiro atoms. The summed E-state index contributed by atoms with van der Waals surface area (Å²) in [6, 6.07) is 7.36. The Morgan fingerprint density at radius 3 is 2.87 bits per heavy atom. The number of carbonyl (C=O) groups is 2. The highest BCUT2D eigenvalue weighted by atomic mass is 32.2. The van der Waals surface area contributed by atoms with Crippen LogP contribution in [-0.4, -0.2) is 57.7 Å². The van der Waals surface area contributed by atoms with E-state index in [0.717, 1.165) is 56.0 Å². The number of hydrogen-bond donors (Lipinski definition) is 2. The number of carbonyl (C=O) groups excluding carboxylic acids is 2. The lowest BCUT2D eigenvalue weighted by Crippen LogP contribution is -2.36. The number of aryl methyl sites for hydroxylation is 1. The summed E-state index contributed by atoms with van der Waals surface area (Å²) in [5, 5.41) is 10.1. The topological polar surface area (TPSA) is 107 Å².